The third-order valence-electron chi connectivity index (χ3n) is 6.81. The van der Waals surface area contributed by atoms with Gasteiger partial charge in [0.05, 0.1) is 25.0 Å². The van der Waals surface area contributed by atoms with Crippen molar-refractivity contribution in [3.8, 4) is 22.6 Å². The fourth-order valence-corrected chi connectivity index (χ4v) is 4.95. The monoisotopic (exact) mass is 464 g/mol. The molecule has 34 heavy (non-hydrogen) atoms. The van der Waals surface area contributed by atoms with Crippen LogP contribution < -0.4 is 9.64 Å². The largest absolute Gasteiger partial charge is 0.456 e. The molecule has 7 nitrogen and oxygen atoms in total. The number of amides is 1. The SMILES string of the molecule is COC(=O)N1c2ccc(-c3cnn(C4CCN(C)C4)c3)c(Oc3ccc(F)cc3)c2CC[C@@H]1C. The Morgan fingerprint density at radius 2 is 1.94 bits per heavy atom. The first-order valence-corrected chi connectivity index (χ1v) is 11.6. The summed E-state index contributed by atoms with van der Waals surface area (Å²) in [5.41, 5.74) is 3.53. The van der Waals surface area contributed by atoms with E-state index >= 15 is 0 Å². The summed E-state index contributed by atoms with van der Waals surface area (Å²) < 4.78 is 27.0. The molecule has 1 fully saturated rings. The average Bonchev–Trinajstić information content (AvgIpc) is 3.49. The predicted octanol–water partition coefficient (Wildman–Crippen LogP) is 5.27. The Hall–Kier alpha value is -3.39. The summed E-state index contributed by atoms with van der Waals surface area (Å²) in [6.45, 7) is 4.03. The Morgan fingerprint density at radius 1 is 1.15 bits per heavy atom. The van der Waals surface area contributed by atoms with Crippen LogP contribution in [0.2, 0.25) is 0 Å². The van der Waals surface area contributed by atoms with Crippen LogP contribution in [0.4, 0.5) is 14.9 Å². The van der Waals surface area contributed by atoms with E-state index in [-0.39, 0.29) is 11.9 Å². The van der Waals surface area contributed by atoms with Crippen molar-refractivity contribution in [2.45, 2.75) is 38.3 Å². The van der Waals surface area contributed by atoms with Gasteiger partial charge in [-0.1, -0.05) is 0 Å². The number of halogens is 1. The van der Waals surface area contributed by atoms with Crippen molar-refractivity contribution in [3.05, 3.63) is 60.2 Å². The van der Waals surface area contributed by atoms with Gasteiger partial charge in [-0.25, -0.2) is 9.18 Å². The van der Waals surface area contributed by atoms with E-state index in [0.717, 1.165) is 54.7 Å². The normalized spacial score (nSPS) is 20.3. The lowest BCUT2D eigenvalue weighted by Gasteiger charge is -2.35. The molecule has 1 unspecified atom stereocenters. The summed E-state index contributed by atoms with van der Waals surface area (Å²) in [4.78, 5) is 16.6. The molecule has 2 aliphatic heterocycles. The number of aromatic nitrogens is 2. The number of hydrogen-bond donors (Lipinski definition) is 0. The van der Waals surface area contributed by atoms with Crippen LogP contribution in [-0.4, -0.2) is 54.1 Å². The van der Waals surface area contributed by atoms with Crippen molar-refractivity contribution in [1.82, 2.24) is 14.7 Å². The number of likely N-dealkylation sites (N-methyl/N-ethyl adjacent to an activating group) is 1. The highest BCUT2D eigenvalue weighted by molar-refractivity contribution is 5.92. The van der Waals surface area contributed by atoms with E-state index in [2.05, 4.69) is 23.2 Å². The van der Waals surface area contributed by atoms with Crippen molar-refractivity contribution in [3.63, 3.8) is 0 Å². The van der Waals surface area contributed by atoms with Gasteiger partial charge in [0.15, 0.2) is 0 Å². The molecule has 1 amide bonds. The highest BCUT2D eigenvalue weighted by Crippen LogP contribution is 2.45. The van der Waals surface area contributed by atoms with Crippen LogP contribution >= 0.6 is 0 Å². The third kappa shape index (κ3) is 4.14. The van der Waals surface area contributed by atoms with E-state index in [1.54, 1.807) is 17.0 Å². The van der Waals surface area contributed by atoms with Gasteiger partial charge in [-0.3, -0.25) is 9.58 Å². The second kappa shape index (κ2) is 9.10. The molecule has 0 N–H and O–H groups in total. The van der Waals surface area contributed by atoms with Gasteiger partial charge >= 0.3 is 6.09 Å². The molecular weight excluding hydrogens is 435 g/mol. The van der Waals surface area contributed by atoms with E-state index in [9.17, 15) is 9.18 Å². The van der Waals surface area contributed by atoms with E-state index in [0.29, 0.717) is 17.5 Å². The lowest BCUT2D eigenvalue weighted by Crippen LogP contribution is -2.42. The van der Waals surface area contributed by atoms with Crippen molar-refractivity contribution in [2.24, 2.45) is 0 Å². The third-order valence-corrected chi connectivity index (χ3v) is 6.81. The van der Waals surface area contributed by atoms with Gasteiger partial charge in [0.25, 0.3) is 0 Å². The number of benzene rings is 2. The number of hydrogen-bond acceptors (Lipinski definition) is 5. The predicted molar refractivity (Wildman–Crippen MR) is 128 cm³/mol. The van der Waals surface area contributed by atoms with Gasteiger partial charge in [-0.05, 0) is 76.2 Å². The standard InChI is InChI=1S/C26H29FN4O3/c1-17-4-9-23-24(31(17)26(32)33-3)11-10-22(25(23)34-21-7-5-19(27)6-8-21)18-14-28-30(15-18)20-12-13-29(2)16-20/h5-8,10-11,14-15,17,20H,4,9,12-13,16H2,1-3H3/t17-,20?/m0/s1. The smallest absolute Gasteiger partial charge is 0.414 e. The number of fused-ring (bicyclic) bond motifs is 1. The zero-order valence-corrected chi connectivity index (χ0v) is 19.7. The average molecular weight is 465 g/mol. The minimum Gasteiger partial charge on any atom is -0.456 e. The van der Waals surface area contributed by atoms with E-state index in [1.807, 2.05) is 29.9 Å². The first kappa shape index (κ1) is 22.4. The quantitative estimate of drug-likeness (QED) is 0.527. The van der Waals surface area contributed by atoms with Gasteiger partial charge in [0.2, 0.25) is 0 Å². The maximum absolute atomic E-state index is 13.5. The van der Waals surface area contributed by atoms with E-state index in [1.165, 1.54) is 19.2 Å². The fraction of sp³-hybridized carbons (Fsp3) is 0.385. The van der Waals surface area contributed by atoms with E-state index in [4.69, 9.17) is 9.47 Å². The summed E-state index contributed by atoms with van der Waals surface area (Å²) in [7, 11) is 3.51. The topological polar surface area (TPSA) is 59.8 Å². The molecule has 1 aromatic heterocycles. The Kier molecular flexibility index (Phi) is 6.00. The molecule has 0 aliphatic carbocycles. The zero-order chi connectivity index (χ0) is 23.8. The first-order valence-electron chi connectivity index (χ1n) is 11.6. The Bertz CT molecular complexity index is 1190. The molecule has 0 bridgehead atoms. The number of anilines is 1. The van der Waals surface area contributed by atoms with E-state index < -0.39 is 6.09 Å². The van der Waals surface area contributed by atoms with Crippen molar-refractivity contribution in [1.29, 1.82) is 0 Å². The number of rotatable bonds is 4. The summed E-state index contributed by atoms with van der Waals surface area (Å²) in [5, 5.41) is 4.65. The first-order chi connectivity index (χ1) is 16.4. The lowest BCUT2D eigenvalue weighted by atomic mass is 9.92. The molecule has 3 aromatic rings. The highest BCUT2D eigenvalue weighted by atomic mass is 19.1. The molecule has 0 radical (unpaired) electrons. The lowest BCUT2D eigenvalue weighted by molar-refractivity contribution is 0.175. The second-order valence-electron chi connectivity index (χ2n) is 9.14. The second-order valence-corrected chi connectivity index (χ2v) is 9.14. The highest BCUT2D eigenvalue weighted by Gasteiger charge is 2.32. The number of likely N-dealkylation sites (tertiary alicyclic amines) is 1. The Labute approximate surface area is 198 Å². The molecule has 5 rings (SSSR count). The van der Waals surface area contributed by atoms with Crippen LogP contribution in [0, 0.1) is 5.82 Å². The molecule has 0 spiro atoms. The van der Waals surface area contributed by atoms with Gasteiger partial charge in [-0.2, -0.15) is 5.10 Å². The zero-order valence-electron chi connectivity index (χ0n) is 19.7. The van der Waals surface area contributed by atoms with Crippen LogP contribution in [-0.2, 0) is 11.2 Å². The maximum atomic E-state index is 13.5. The van der Waals surface area contributed by atoms with Crippen LogP contribution in [0.25, 0.3) is 11.1 Å². The molecule has 8 heteroatoms. The van der Waals surface area contributed by atoms with Crippen LogP contribution in [0.3, 0.4) is 0 Å². The summed E-state index contributed by atoms with van der Waals surface area (Å²) in [5.74, 6) is 0.869. The number of nitrogens with zero attached hydrogens (tertiary/aromatic N) is 4. The Balaban J connectivity index is 1.59. The Morgan fingerprint density at radius 3 is 2.65 bits per heavy atom. The van der Waals surface area contributed by atoms with Gasteiger partial charge in [0, 0.05) is 35.5 Å². The number of carbonyl (C=O) groups is 1. The molecule has 178 valence electrons. The van der Waals surface area contributed by atoms with Crippen molar-refractivity contribution in [2.75, 3.05) is 32.1 Å². The van der Waals surface area contributed by atoms with Gasteiger partial charge < -0.3 is 14.4 Å². The molecular formula is C26H29FN4O3. The summed E-state index contributed by atoms with van der Waals surface area (Å²) in [6.07, 6.45) is 6.11. The summed E-state index contributed by atoms with van der Waals surface area (Å²) >= 11 is 0. The van der Waals surface area contributed by atoms with Crippen LogP contribution in [0.5, 0.6) is 11.5 Å². The van der Waals surface area contributed by atoms with Crippen LogP contribution in [0.1, 0.15) is 31.4 Å². The van der Waals surface area contributed by atoms with Gasteiger partial charge in [0.1, 0.15) is 17.3 Å². The maximum Gasteiger partial charge on any atom is 0.414 e. The van der Waals surface area contributed by atoms with Crippen molar-refractivity contribution < 1.29 is 18.7 Å². The molecule has 2 aromatic carbocycles. The molecule has 2 aliphatic rings. The van der Waals surface area contributed by atoms with Crippen molar-refractivity contribution >= 4 is 11.8 Å². The minimum absolute atomic E-state index is 0.00609. The van der Waals surface area contributed by atoms with Crippen LogP contribution in [0.15, 0.2) is 48.8 Å². The number of methoxy groups -OCH3 is 1. The number of ether oxygens (including phenoxy) is 2. The molecule has 3 heterocycles. The van der Waals surface area contributed by atoms with Gasteiger partial charge in [-0.15, -0.1) is 0 Å². The fourth-order valence-electron chi connectivity index (χ4n) is 4.95. The molecule has 2 atom stereocenters. The number of carbonyl (C=O) groups excluding carboxylic acids is 1. The minimum atomic E-state index is -0.396. The molecule has 0 saturated carbocycles. The summed E-state index contributed by atoms with van der Waals surface area (Å²) in [6, 6.07) is 10.2. The molecule has 1 saturated heterocycles.